The van der Waals surface area contributed by atoms with E-state index in [-0.39, 0.29) is 5.69 Å². The highest BCUT2D eigenvalue weighted by atomic mass is 32.2. The van der Waals surface area contributed by atoms with Crippen molar-refractivity contribution in [2.24, 2.45) is 0 Å². The Morgan fingerprint density at radius 1 is 1.30 bits per heavy atom. The molecule has 3 rings (SSSR count). The average molecular weight is 329 g/mol. The third kappa shape index (κ3) is 2.77. The van der Waals surface area contributed by atoms with Crippen LogP contribution in [0.2, 0.25) is 0 Å². The summed E-state index contributed by atoms with van der Waals surface area (Å²) >= 11 is 1.55. The second-order valence-electron chi connectivity index (χ2n) is 5.15. The molecule has 0 saturated heterocycles. The third-order valence-electron chi connectivity index (χ3n) is 3.57. The Morgan fingerprint density at radius 3 is 2.78 bits per heavy atom. The number of hydrogen-bond acceptors (Lipinski definition) is 6. The van der Waals surface area contributed by atoms with Crippen molar-refractivity contribution in [3.8, 4) is 0 Å². The van der Waals surface area contributed by atoms with Gasteiger partial charge in [-0.25, -0.2) is 14.8 Å². The van der Waals surface area contributed by atoms with Crippen molar-refractivity contribution in [2.45, 2.75) is 25.4 Å². The molecule has 23 heavy (non-hydrogen) atoms. The fourth-order valence-corrected chi connectivity index (χ4v) is 2.97. The standard InChI is InChI=1S/C15H15N5O2S/c1-8-4-11-12(16-5-8)13(15(21)22)19-20(11)6-10-9(2)14(23-3)18-7-17-10/h4-5,7H,6H2,1-3H3,(H,21,22). The lowest BCUT2D eigenvalue weighted by atomic mass is 10.2. The minimum atomic E-state index is -1.09. The van der Waals surface area contributed by atoms with Crippen LogP contribution in [-0.2, 0) is 6.54 Å². The summed E-state index contributed by atoms with van der Waals surface area (Å²) in [4.78, 5) is 24.1. The third-order valence-corrected chi connectivity index (χ3v) is 4.36. The maximum Gasteiger partial charge on any atom is 0.358 e. The zero-order valence-corrected chi connectivity index (χ0v) is 13.8. The van der Waals surface area contributed by atoms with E-state index in [1.165, 1.54) is 6.33 Å². The van der Waals surface area contributed by atoms with Crippen LogP contribution in [0.25, 0.3) is 11.0 Å². The molecular formula is C15H15N5O2S. The van der Waals surface area contributed by atoms with Crippen molar-refractivity contribution < 1.29 is 9.90 Å². The Hall–Kier alpha value is -2.48. The number of hydrogen-bond donors (Lipinski definition) is 1. The van der Waals surface area contributed by atoms with E-state index < -0.39 is 5.97 Å². The lowest BCUT2D eigenvalue weighted by Gasteiger charge is -2.08. The zero-order chi connectivity index (χ0) is 16.6. The van der Waals surface area contributed by atoms with E-state index in [0.29, 0.717) is 17.6 Å². The minimum absolute atomic E-state index is 0.0446. The van der Waals surface area contributed by atoms with Crippen molar-refractivity contribution in [3.63, 3.8) is 0 Å². The van der Waals surface area contributed by atoms with Gasteiger partial charge in [-0.2, -0.15) is 5.10 Å². The molecule has 3 aromatic heterocycles. The normalized spacial score (nSPS) is 11.1. The number of carbonyl (C=O) groups is 1. The molecular weight excluding hydrogens is 314 g/mol. The second-order valence-corrected chi connectivity index (χ2v) is 5.94. The number of aromatic carboxylic acids is 1. The van der Waals surface area contributed by atoms with Gasteiger partial charge in [0.2, 0.25) is 0 Å². The molecule has 118 valence electrons. The van der Waals surface area contributed by atoms with Crippen LogP contribution in [0.4, 0.5) is 0 Å². The molecule has 7 nitrogen and oxygen atoms in total. The van der Waals surface area contributed by atoms with Crippen molar-refractivity contribution in [2.75, 3.05) is 6.26 Å². The topological polar surface area (TPSA) is 93.8 Å². The van der Waals surface area contributed by atoms with Crippen LogP contribution in [0.15, 0.2) is 23.6 Å². The summed E-state index contributed by atoms with van der Waals surface area (Å²) in [5, 5.41) is 14.4. The Labute approximate surface area is 136 Å². The molecule has 0 spiro atoms. The highest BCUT2D eigenvalue weighted by Crippen LogP contribution is 2.22. The first kappa shape index (κ1) is 15.4. The molecule has 0 aromatic carbocycles. The van der Waals surface area contributed by atoms with Gasteiger partial charge in [-0.15, -0.1) is 11.8 Å². The largest absolute Gasteiger partial charge is 0.476 e. The van der Waals surface area contributed by atoms with Crippen molar-refractivity contribution in [3.05, 3.63) is 41.1 Å². The van der Waals surface area contributed by atoms with Crippen molar-refractivity contribution in [1.82, 2.24) is 24.7 Å². The van der Waals surface area contributed by atoms with E-state index in [1.807, 2.05) is 26.2 Å². The molecule has 0 aliphatic rings. The van der Waals surface area contributed by atoms with E-state index >= 15 is 0 Å². The average Bonchev–Trinajstić information content (AvgIpc) is 2.87. The number of fused-ring (bicyclic) bond motifs is 1. The number of pyridine rings is 1. The summed E-state index contributed by atoms with van der Waals surface area (Å²) in [6.45, 7) is 4.23. The first-order chi connectivity index (χ1) is 11.0. The minimum Gasteiger partial charge on any atom is -0.476 e. The number of carboxylic acids is 1. The smallest absolute Gasteiger partial charge is 0.358 e. The van der Waals surface area contributed by atoms with Crippen LogP contribution < -0.4 is 0 Å². The zero-order valence-electron chi connectivity index (χ0n) is 12.9. The molecule has 0 fully saturated rings. The van der Waals surface area contributed by atoms with Crippen LogP contribution >= 0.6 is 11.8 Å². The first-order valence-electron chi connectivity index (χ1n) is 6.92. The fourth-order valence-electron chi connectivity index (χ4n) is 2.39. The van der Waals surface area contributed by atoms with Crippen LogP contribution in [0.5, 0.6) is 0 Å². The summed E-state index contributed by atoms with van der Waals surface area (Å²) < 4.78 is 1.64. The van der Waals surface area contributed by atoms with E-state index in [9.17, 15) is 9.90 Å². The Kier molecular flexibility index (Phi) is 3.99. The fraction of sp³-hybridized carbons (Fsp3) is 0.267. The number of rotatable bonds is 4. The quantitative estimate of drug-likeness (QED) is 0.580. The van der Waals surface area contributed by atoms with Gasteiger partial charge >= 0.3 is 5.97 Å². The monoisotopic (exact) mass is 329 g/mol. The van der Waals surface area contributed by atoms with Crippen molar-refractivity contribution in [1.29, 1.82) is 0 Å². The molecule has 3 heterocycles. The highest BCUT2D eigenvalue weighted by molar-refractivity contribution is 7.98. The highest BCUT2D eigenvalue weighted by Gasteiger charge is 2.19. The van der Waals surface area contributed by atoms with Gasteiger partial charge in [0.05, 0.1) is 17.8 Å². The van der Waals surface area contributed by atoms with Gasteiger partial charge in [0.1, 0.15) is 16.9 Å². The van der Waals surface area contributed by atoms with Gasteiger partial charge in [0.15, 0.2) is 5.69 Å². The van der Waals surface area contributed by atoms with E-state index in [2.05, 4.69) is 20.1 Å². The molecule has 3 aromatic rings. The molecule has 8 heteroatoms. The number of aryl methyl sites for hydroxylation is 1. The summed E-state index contributed by atoms with van der Waals surface area (Å²) in [5.74, 6) is -1.09. The van der Waals surface area contributed by atoms with Crippen LogP contribution in [0.1, 0.15) is 27.3 Å². The second kappa shape index (κ2) is 5.96. The van der Waals surface area contributed by atoms with E-state index in [0.717, 1.165) is 21.8 Å². The van der Waals surface area contributed by atoms with E-state index in [1.54, 1.807) is 22.6 Å². The Balaban J connectivity index is 2.14. The Morgan fingerprint density at radius 2 is 2.09 bits per heavy atom. The number of carboxylic acid groups (broad SMARTS) is 1. The van der Waals surface area contributed by atoms with Gasteiger partial charge in [-0.1, -0.05) is 0 Å². The van der Waals surface area contributed by atoms with Crippen LogP contribution in [0, 0.1) is 13.8 Å². The first-order valence-corrected chi connectivity index (χ1v) is 8.14. The lowest BCUT2D eigenvalue weighted by Crippen LogP contribution is -2.08. The van der Waals surface area contributed by atoms with Crippen molar-refractivity contribution >= 4 is 28.8 Å². The van der Waals surface area contributed by atoms with E-state index in [4.69, 9.17) is 0 Å². The van der Waals surface area contributed by atoms with Gasteiger partial charge < -0.3 is 5.11 Å². The summed E-state index contributed by atoms with van der Waals surface area (Å²) in [6, 6.07) is 1.88. The molecule has 0 aliphatic heterocycles. The summed E-state index contributed by atoms with van der Waals surface area (Å²) in [5.41, 5.74) is 3.76. The Bertz CT molecular complexity index is 906. The molecule has 0 bridgehead atoms. The maximum atomic E-state index is 11.4. The number of thioether (sulfide) groups is 1. The molecule has 0 aliphatic carbocycles. The summed E-state index contributed by atoms with van der Waals surface area (Å²) in [6.07, 6.45) is 5.11. The summed E-state index contributed by atoms with van der Waals surface area (Å²) in [7, 11) is 0. The lowest BCUT2D eigenvalue weighted by molar-refractivity contribution is 0.0691. The number of aromatic nitrogens is 5. The molecule has 1 N–H and O–H groups in total. The molecule has 0 saturated carbocycles. The van der Waals surface area contributed by atoms with Gasteiger partial charge in [0, 0.05) is 11.8 Å². The van der Waals surface area contributed by atoms with Crippen LogP contribution in [0.3, 0.4) is 0 Å². The number of nitrogens with zero attached hydrogens (tertiary/aromatic N) is 5. The molecule has 0 unspecified atom stereocenters. The molecule has 0 radical (unpaired) electrons. The maximum absolute atomic E-state index is 11.4. The molecule has 0 amide bonds. The predicted molar refractivity (Wildman–Crippen MR) is 86.9 cm³/mol. The van der Waals surface area contributed by atoms with Gasteiger partial charge in [-0.3, -0.25) is 9.67 Å². The molecule has 0 atom stereocenters. The predicted octanol–water partition coefficient (Wildman–Crippen LogP) is 2.31. The van der Waals surface area contributed by atoms with Crippen LogP contribution in [-0.4, -0.2) is 42.1 Å². The SMILES string of the molecule is CSc1ncnc(Cn2nc(C(=O)O)c3ncc(C)cc32)c1C. The van der Waals surface area contributed by atoms with Gasteiger partial charge in [-0.05, 0) is 31.7 Å². The van der Waals surface area contributed by atoms with Gasteiger partial charge in [0.25, 0.3) is 0 Å².